The molecule has 0 radical (unpaired) electrons. The third-order valence-corrected chi connectivity index (χ3v) is 4.72. The van der Waals surface area contributed by atoms with Crippen LogP contribution in [0, 0.1) is 23.0 Å². The molecule has 2 aromatic rings. The summed E-state index contributed by atoms with van der Waals surface area (Å²) in [7, 11) is 0. The van der Waals surface area contributed by atoms with Crippen molar-refractivity contribution in [1.82, 2.24) is 15.0 Å². The normalized spacial score (nSPS) is 21.7. The van der Waals surface area contributed by atoms with Crippen LogP contribution in [0.25, 0.3) is 0 Å². The first kappa shape index (κ1) is 19.0. The first-order chi connectivity index (χ1) is 14.0. The Morgan fingerprint density at radius 1 is 1.31 bits per heavy atom. The summed E-state index contributed by atoms with van der Waals surface area (Å²) in [5, 5.41) is 26.4. The molecule has 2 atom stereocenters. The van der Waals surface area contributed by atoms with E-state index in [0.717, 1.165) is 0 Å². The number of aliphatic hydroxyl groups is 1. The van der Waals surface area contributed by atoms with Gasteiger partial charge in [-0.05, 0) is 18.2 Å². The average molecular weight is 402 g/mol. The Morgan fingerprint density at radius 2 is 2.07 bits per heavy atom. The monoisotopic (exact) mass is 402 g/mol. The minimum Gasteiger partial charge on any atom is -0.351 e. The number of aromatic nitrogens is 3. The highest BCUT2D eigenvalue weighted by Crippen LogP contribution is 2.33. The zero-order valence-corrected chi connectivity index (χ0v) is 15.1. The standard InChI is InChI=1S/C18H16F2N6O3/c19-16-14(24-5-3-12(27)4-6-24)1-2-15(17(16)20)26-10-13(29-18(26)28)9-25-8-11(7-21)22-23-25/h1-3,5,8,13,18,28H,4,6,9-10H2. The lowest BCUT2D eigenvalue weighted by Gasteiger charge is -2.26. The molecule has 150 valence electrons. The number of nitriles is 1. The summed E-state index contributed by atoms with van der Waals surface area (Å²) in [6, 6.07) is 4.60. The quantitative estimate of drug-likeness (QED) is 0.804. The van der Waals surface area contributed by atoms with Gasteiger partial charge in [-0.1, -0.05) is 5.21 Å². The van der Waals surface area contributed by atoms with Crippen molar-refractivity contribution in [2.75, 3.05) is 22.9 Å². The Bertz CT molecular complexity index is 1020. The number of rotatable bonds is 4. The van der Waals surface area contributed by atoms with Gasteiger partial charge < -0.3 is 19.6 Å². The van der Waals surface area contributed by atoms with Crippen LogP contribution >= 0.6 is 0 Å². The zero-order valence-electron chi connectivity index (χ0n) is 15.1. The Balaban J connectivity index is 1.52. The highest BCUT2D eigenvalue weighted by atomic mass is 19.2. The van der Waals surface area contributed by atoms with E-state index in [1.807, 2.05) is 6.07 Å². The van der Waals surface area contributed by atoms with Gasteiger partial charge >= 0.3 is 0 Å². The largest absolute Gasteiger partial charge is 0.351 e. The summed E-state index contributed by atoms with van der Waals surface area (Å²) in [5.74, 6) is -2.27. The third-order valence-electron chi connectivity index (χ3n) is 4.72. The first-order valence-electron chi connectivity index (χ1n) is 8.82. The van der Waals surface area contributed by atoms with Crippen LogP contribution in [0.15, 0.2) is 30.6 Å². The Hall–Kier alpha value is -3.36. The highest BCUT2D eigenvalue weighted by Gasteiger charge is 2.35. The van der Waals surface area contributed by atoms with E-state index in [2.05, 4.69) is 10.3 Å². The van der Waals surface area contributed by atoms with E-state index in [1.165, 1.54) is 45.1 Å². The van der Waals surface area contributed by atoms with Gasteiger partial charge in [0.2, 0.25) is 6.41 Å². The molecule has 11 heteroatoms. The summed E-state index contributed by atoms with van der Waals surface area (Å²) in [4.78, 5) is 13.9. The SMILES string of the molecule is N#Cc1cn(CC2CN(c3ccc(N4C=CC(=O)CC4)c(F)c3F)C(O)O2)nn1. The predicted molar refractivity (Wildman–Crippen MR) is 95.4 cm³/mol. The van der Waals surface area contributed by atoms with E-state index in [1.54, 1.807) is 0 Å². The lowest BCUT2D eigenvalue weighted by atomic mass is 10.1. The zero-order chi connectivity index (χ0) is 20.5. The molecular weight excluding hydrogens is 386 g/mol. The van der Waals surface area contributed by atoms with Gasteiger partial charge in [-0.15, -0.1) is 5.10 Å². The van der Waals surface area contributed by atoms with E-state index in [9.17, 15) is 18.7 Å². The van der Waals surface area contributed by atoms with Crippen LogP contribution < -0.4 is 9.80 Å². The predicted octanol–water partition coefficient (Wildman–Crippen LogP) is 0.902. The van der Waals surface area contributed by atoms with Crippen LogP contribution in [0.5, 0.6) is 0 Å². The summed E-state index contributed by atoms with van der Waals surface area (Å²) >= 11 is 0. The van der Waals surface area contributed by atoms with E-state index in [-0.39, 0.29) is 48.9 Å². The van der Waals surface area contributed by atoms with Gasteiger partial charge in [0.05, 0.1) is 36.8 Å². The molecule has 0 amide bonds. The number of ketones is 1. The Kier molecular flexibility index (Phi) is 4.96. The molecule has 2 aliphatic heterocycles. The van der Waals surface area contributed by atoms with Crippen LogP contribution in [-0.4, -0.2) is 51.5 Å². The highest BCUT2D eigenvalue weighted by molar-refractivity contribution is 5.91. The number of nitrogens with zero attached hydrogens (tertiary/aromatic N) is 6. The molecule has 2 unspecified atom stereocenters. The molecule has 4 rings (SSSR count). The van der Waals surface area contributed by atoms with Crippen LogP contribution in [0.4, 0.5) is 20.2 Å². The molecule has 0 spiro atoms. The van der Waals surface area contributed by atoms with Crippen molar-refractivity contribution >= 4 is 17.2 Å². The average Bonchev–Trinajstić information content (AvgIpc) is 3.31. The topological polar surface area (TPSA) is 108 Å². The molecule has 3 heterocycles. The van der Waals surface area contributed by atoms with Crippen molar-refractivity contribution in [3.8, 4) is 6.07 Å². The van der Waals surface area contributed by atoms with Gasteiger partial charge in [0, 0.05) is 19.2 Å². The number of allylic oxidation sites excluding steroid dienone is 1. The van der Waals surface area contributed by atoms with Gasteiger partial charge in [0.15, 0.2) is 23.1 Å². The van der Waals surface area contributed by atoms with Crippen molar-refractivity contribution < 1.29 is 23.4 Å². The number of anilines is 2. The maximum absolute atomic E-state index is 14.8. The number of hydrogen-bond donors (Lipinski definition) is 1. The fourth-order valence-electron chi connectivity index (χ4n) is 3.30. The lowest BCUT2D eigenvalue weighted by molar-refractivity contribution is -0.114. The summed E-state index contributed by atoms with van der Waals surface area (Å²) in [5.41, 5.74) is -0.00000807. The van der Waals surface area contributed by atoms with Crippen LogP contribution in [-0.2, 0) is 16.1 Å². The molecule has 1 fully saturated rings. The first-order valence-corrected chi connectivity index (χ1v) is 8.82. The maximum atomic E-state index is 14.8. The third kappa shape index (κ3) is 3.67. The number of halogens is 2. The number of carbonyl (C=O) groups is 1. The lowest BCUT2D eigenvalue weighted by Crippen LogP contribution is -2.31. The summed E-state index contributed by atoms with van der Waals surface area (Å²) < 4.78 is 36.2. The Labute approximate surface area is 164 Å². The van der Waals surface area contributed by atoms with Gasteiger partial charge in [0.1, 0.15) is 6.07 Å². The second kappa shape index (κ2) is 7.57. The van der Waals surface area contributed by atoms with Crippen molar-refractivity contribution in [3.63, 3.8) is 0 Å². The second-order valence-corrected chi connectivity index (χ2v) is 6.63. The van der Waals surface area contributed by atoms with E-state index in [0.29, 0.717) is 0 Å². The summed E-state index contributed by atoms with van der Waals surface area (Å²) in [6.45, 7) is 0.513. The fourth-order valence-corrected chi connectivity index (χ4v) is 3.30. The van der Waals surface area contributed by atoms with E-state index < -0.39 is 24.2 Å². The van der Waals surface area contributed by atoms with Crippen molar-refractivity contribution in [2.45, 2.75) is 25.5 Å². The van der Waals surface area contributed by atoms with Crippen molar-refractivity contribution in [3.05, 3.63) is 47.9 Å². The molecule has 1 saturated heterocycles. The van der Waals surface area contributed by atoms with Gasteiger partial charge in [-0.3, -0.25) is 4.79 Å². The molecule has 1 N–H and O–H groups in total. The number of aliphatic hydroxyl groups excluding tert-OH is 1. The van der Waals surface area contributed by atoms with Crippen molar-refractivity contribution in [1.29, 1.82) is 5.26 Å². The molecule has 0 aliphatic carbocycles. The number of ether oxygens (including phenoxy) is 1. The Morgan fingerprint density at radius 3 is 2.76 bits per heavy atom. The van der Waals surface area contributed by atoms with Gasteiger partial charge in [-0.25, -0.2) is 13.5 Å². The number of hydrogen-bond acceptors (Lipinski definition) is 8. The van der Waals surface area contributed by atoms with Crippen LogP contribution in [0.1, 0.15) is 12.1 Å². The van der Waals surface area contributed by atoms with Crippen LogP contribution in [0.2, 0.25) is 0 Å². The molecule has 2 aliphatic rings. The minimum absolute atomic E-state index is 0.00723. The molecule has 29 heavy (non-hydrogen) atoms. The smallest absolute Gasteiger partial charge is 0.238 e. The van der Waals surface area contributed by atoms with Crippen molar-refractivity contribution in [2.24, 2.45) is 0 Å². The van der Waals surface area contributed by atoms with Crippen LogP contribution in [0.3, 0.4) is 0 Å². The molecule has 0 saturated carbocycles. The number of benzene rings is 1. The number of carbonyl (C=O) groups excluding carboxylic acids is 1. The summed E-state index contributed by atoms with van der Waals surface area (Å²) in [6.07, 6.45) is 2.34. The molecule has 1 aromatic carbocycles. The van der Waals surface area contributed by atoms with Gasteiger partial charge in [-0.2, -0.15) is 5.26 Å². The second-order valence-electron chi connectivity index (χ2n) is 6.63. The minimum atomic E-state index is -1.47. The maximum Gasteiger partial charge on any atom is 0.238 e. The molecule has 9 nitrogen and oxygen atoms in total. The fraction of sp³-hybridized carbons (Fsp3) is 0.333. The molecule has 0 bridgehead atoms. The van der Waals surface area contributed by atoms with E-state index in [4.69, 9.17) is 10.00 Å². The van der Waals surface area contributed by atoms with E-state index >= 15 is 0 Å². The van der Waals surface area contributed by atoms with Gasteiger partial charge in [0.25, 0.3) is 0 Å². The molecular formula is C18H16F2N6O3. The molecule has 1 aromatic heterocycles.